The van der Waals surface area contributed by atoms with E-state index in [2.05, 4.69) is 0 Å². The fraction of sp³-hybridized carbons (Fsp3) is 0.500. The van der Waals surface area contributed by atoms with Crippen molar-refractivity contribution in [3.05, 3.63) is 22.4 Å². The quantitative estimate of drug-likeness (QED) is 0.720. The molecule has 18 heavy (non-hydrogen) atoms. The Morgan fingerprint density at radius 3 is 2.67 bits per heavy atom. The van der Waals surface area contributed by atoms with Crippen molar-refractivity contribution in [3.8, 4) is 0 Å². The fourth-order valence-corrected chi connectivity index (χ4v) is 2.98. The molecule has 0 radical (unpaired) electrons. The van der Waals surface area contributed by atoms with Crippen LogP contribution in [0.1, 0.15) is 17.7 Å². The molecule has 98 valence electrons. The van der Waals surface area contributed by atoms with Crippen LogP contribution in [-0.4, -0.2) is 27.7 Å². The molecule has 1 aliphatic rings. The number of hydrogen-bond acceptors (Lipinski definition) is 4. The molecule has 5 nitrogen and oxygen atoms in total. The third-order valence-electron chi connectivity index (χ3n) is 3.53. The van der Waals surface area contributed by atoms with Gasteiger partial charge < -0.3 is 15.9 Å². The van der Waals surface area contributed by atoms with E-state index in [9.17, 15) is 14.7 Å². The number of thiophene rings is 1. The van der Waals surface area contributed by atoms with Gasteiger partial charge in [0, 0.05) is 10.8 Å². The monoisotopic (exact) mass is 269 g/mol. The number of aliphatic carboxylic acids is 2. The van der Waals surface area contributed by atoms with Gasteiger partial charge in [0.05, 0.1) is 5.92 Å². The maximum Gasteiger partial charge on any atom is 0.324 e. The van der Waals surface area contributed by atoms with Gasteiger partial charge in [-0.3, -0.25) is 9.59 Å². The Kier molecular flexibility index (Phi) is 3.41. The minimum absolute atomic E-state index is 0.275. The second-order valence-corrected chi connectivity index (χ2v) is 5.74. The predicted molar refractivity (Wildman–Crippen MR) is 66.4 cm³/mol. The normalized spacial score (nSPS) is 25.4. The van der Waals surface area contributed by atoms with E-state index >= 15 is 0 Å². The third kappa shape index (κ3) is 2.39. The van der Waals surface area contributed by atoms with E-state index in [1.54, 1.807) is 11.3 Å². The summed E-state index contributed by atoms with van der Waals surface area (Å²) >= 11 is 1.55. The van der Waals surface area contributed by atoms with Crippen LogP contribution in [0.25, 0.3) is 0 Å². The standard InChI is InChI=1S/C12H15NO4S/c13-12(11(16)17,9-6-8(9)10(14)15)4-3-7-2-1-5-18-7/h1-2,5,8-9H,3-4,6,13H2,(H,14,15)(H,16,17)/t8-,9?,12+/m0/s1. The van der Waals surface area contributed by atoms with Crippen molar-refractivity contribution in [3.63, 3.8) is 0 Å². The first-order valence-electron chi connectivity index (χ1n) is 5.72. The number of nitrogens with two attached hydrogens (primary N) is 1. The lowest BCUT2D eigenvalue weighted by atomic mass is 9.87. The summed E-state index contributed by atoms with van der Waals surface area (Å²) in [5, 5.41) is 20.1. The molecule has 0 spiro atoms. The zero-order valence-electron chi connectivity index (χ0n) is 9.70. The molecule has 1 saturated carbocycles. The molecule has 0 saturated heterocycles. The lowest BCUT2D eigenvalue weighted by Crippen LogP contribution is -2.51. The molecule has 0 aromatic carbocycles. The van der Waals surface area contributed by atoms with E-state index in [0.717, 1.165) is 4.88 Å². The molecule has 1 aromatic heterocycles. The highest BCUT2D eigenvalue weighted by molar-refractivity contribution is 7.09. The molecule has 3 atom stereocenters. The van der Waals surface area contributed by atoms with Crippen molar-refractivity contribution in [2.75, 3.05) is 0 Å². The fourth-order valence-electron chi connectivity index (χ4n) is 2.27. The second-order valence-electron chi connectivity index (χ2n) is 4.71. The number of aryl methyl sites for hydroxylation is 1. The molecule has 1 fully saturated rings. The van der Waals surface area contributed by atoms with E-state index in [-0.39, 0.29) is 6.42 Å². The van der Waals surface area contributed by atoms with Crippen LogP contribution in [0, 0.1) is 11.8 Å². The van der Waals surface area contributed by atoms with Crippen LogP contribution in [0.2, 0.25) is 0 Å². The molecule has 0 aliphatic heterocycles. The van der Waals surface area contributed by atoms with Crippen LogP contribution in [0.5, 0.6) is 0 Å². The lowest BCUT2D eigenvalue weighted by Gasteiger charge is -2.24. The Bertz CT molecular complexity index is 459. The first-order valence-corrected chi connectivity index (χ1v) is 6.60. The average molecular weight is 269 g/mol. The number of carboxylic acids is 2. The summed E-state index contributed by atoms with van der Waals surface area (Å²) in [6.45, 7) is 0. The van der Waals surface area contributed by atoms with Gasteiger partial charge in [-0.05, 0) is 30.7 Å². The van der Waals surface area contributed by atoms with E-state index in [1.165, 1.54) is 0 Å². The van der Waals surface area contributed by atoms with Crippen LogP contribution in [0.15, 0.2) is 17.5 Å². The average Bonchev–Trinajstić information content (AvgIpc) is 2.96. The second kappa shape index (κ2) is 4.70. The van der Waals surface area contributed by atoms with Crippen LogP contribution in [0.3, 0.4) is 0 Å². The number of rotatable bonds is 6. The molecule has 1 aromatic rings. The largest absolute Gasteiger partial charge is 0.481 e. The van der Waals surface area contributed by atoms with Crippen molar-refractivity contribution in [2.45, 2.75) is 24.8 Å². The molecule has 4 N–H and O–H groups in total. The van der Waals surface area contributed by atoms with Gasteiger partial charge in [-0.1, -0.05) is 6.07 Å². The van der Waals surface area contributed by atoms with Gasteiger partial charge in [-0.25, -0.2) is 0 Å². The summed E-state index contributed by atoms with van der Waals surface area (Å²) < 4.78 is 0. The highest BCUT2D eigenvalue weighted by atomic mass is 32.1. The Labute approximate surface area is 108 Å². The van der Waals surface area contributed by atoms with Gasteiger partial charge in [-0.2, -0.15) is 0 Å². The van der Waals surface area contributed by atoms with E-state index in [0.29, 0.717) is 12.8 Å². The van der Waals surface area contributed by atoms with E-state index in [1.807, 2.05) is 17.5 Å². The Morgan fingerprint density at radius 1 is 1.50 bits per heavy atom. The van der Waals surface area contributed by atoms with Gasteiger partial charge in [0.2, 0.25) is 0 Å². The lowest BCUT2D eigenvalue weighted by molar-refractivity contribution is -0.145. The van der Waals surface area contributed by atoms with Crippen molar-refractivity contribution in [1.82, 2.24) is 0 Å². The van der Waals surface area contributed by atoms with Gasteiger partial charge >= 0.3 is 11.9 Å². The zero-order chi connectivity index (χ0) is 13.3. The summed E-state index contributed by atoms with van der Waals surface area (Å²) in [5.74, 6) is -3.11. The molecule has 0 amide bonds. The van der Waals surface area contributed by atoms with Gasteiger partial charge in [0.1, 0.15) is 5.54 Å². The highest BCUT2D eigenvalue weighted by Crippen LogP contribution is 2.47. The maximum absolute atomic E-state index is 11.3. The topological polar surface area (TPSA) is 101 Å². The molecule has 6 heteroatoms. The van der Waals surface area contributed by atoms with E-state index < -0.39 is 29.3 Å². The Balaban J connectivity index is 2.04. The van der Waals surface area contributed by atoms with Crippen LogP contribution in [-0.2, 0) is 16.0 Å². The Morgan fingerprint density at radius 2 is 2.22 bits per heavy atom. The summed E-state index contributed by atoms with van der Waals surface area (Å²) in [7, 11) is 0. The van der Waals surface area contributed by atoms with Gasteiger partial charge in [0.25, 0.3) is 0 Å². The smallest absolute Gasteiger partial charge is 0.324 e. The zero-order valence-corrected chi connectivity index (χ0v) is 10.5. The van der Waals surface area contributed by atoms with Crippen LogP contribution < -0.4 is 5.73 Å². The minimum atomic E-state index is -1.42. The predicted octanol–water partition coefficient (Wildman–Crippen LogP) is 1.18. The minimum Gasteiger partial charge on any atom is -0.481 e. The summed E-state index contributed by atoms with van der Waals surface area (Å²) in [6.07, 6.45) is 1.21. The molecule has 1 heterocycles. The van der Waals surface area contributed by atoms with Crippen molar-refractivity contribution >= 4 is 23.3 Å². The van der Waals surface area contributed by atoms with Crippen molar-refractivity contribution in [2.24, 2.45) is 17.6 Å². The van der Waals surface area contributed by atoms with Crippen LogP contribution in [0.4, 0.5) is 0 Å². The maximum atomic E-state index is 11.3. The van der Waals surface area contributed by atoms with Crippen molar-refractivity contribution < 1.29 is 19.8 Å². The highest BCUT2D eigenvalue weighted by Gasteiger charge is 2.57. The molecule has 2 rings (SSSR count). The molecule has 1 aliphatic carbocycles. The number of hydrogen-bond donors (Lipinski definition) is 3. The van der Waals surface area contributed by atoms with Gasteiger partial charge in [0.15, 0.2) is 0 Å². The summed E-state index contributed by atoms with van der Waals surface area (Å²) in [6, 6.07) is 3.82. The Hall–Kier alpha value is -1.40. The van der Waals surface area contributed by atoms with Crippen LogP contribution >= 0.6 is 11.3 Å². The number of carboxylic acid groups (broad SMARTS) is 2. The molecule has 0 bridgehead atoms. The van der Waals surface area contributed by atoms with Gasteiger partial charge in [-0.15, -0.1) is 11.3 Å². The first-order chi connectivity index (χ1) is 8.45. The van der Waals surface area contributed by atoms with Crippen molar-refractivity contribution in [1.29, 1.82) is 0 Å². The first kappa shape index (κ1) is 13.0. The van der Waals surface area contributed by atoms with E-state index in [4.69, 9.17) is 10.8 Å². The summed E-state index contributed by atoms with van der Waals surface area (Å²) in [5.41, 5.74) is 4.51. The number of carbonyl (C=O) groups is 2. The molecule has 1 unspecified atom stereocenters. The third-order valence-corrected chi connectivity index (χ3v) is 4.47. The molecular formula is C12H15NO4S. The SMILES string of the molecule is N[C@@](CCc1cccs1)(C(=O)O)C1C[C@@H]1C(=O)O. The summed E-state index contributed by atoms with van der Waals surface area (Å²) in [4.78, 5) is 23.2. The molecular weight excluding hydrogens is 254 g/mol.